The van der Waals surface area contributed by atoms with Crippen molar-refractivity contribution in [2.45, 2.75) is 11.7 Å². The summed E-state index contributed by atoms with van der Waals surface area (Å²) in [6.45, 7) is 2.14. The molecule has 1 amide bonds. The average Bonchev–Trinajstić information content (AvgIpc) is 3.08. The van der Waals surface area contributed by atoms with Gasteiger partial charge in [-0.25, -0.2) is 0 Å². The fourth-order valence-electron chi connectivity index (χ4n) is 3.32. The zero-order valence-electron chi connectivity index (χ0n) is 14.1. The van der Waals surface area contributed by atoms with E-state index in [2.05, 4.69) is 24.3 Å². The fourth-order valence-corrected chi connectivity index (χ4v) is 4.33. The van der Waals surface area contributed by atoms with E-state index in [0.29, 0.717) is 24.1 Å². The first-order chi connectivity index (χ1) is 12.2. The monoisotopic (exact) mass is 374 g/mol. The van der Waals surface area contributed by atoms with E-state index < -0.39 is 0 Å². The molecule has 0 aromatic heterocycles. The van der Waals surface area contributed by atoms with Crippen molar-refractivity contribution < 1.29 is 4.79 Å². The molecule has 0 unspecified atom stereocenters. The highest BCUT2D eigenvalue weighted by atomic mass is 35.5. The number of nitrogens with zero attached hydrogens (tertiary/aromatic N) is 1. The number of rotatable bonds is 6. The molecule has 1 saturated heterocycles. The number of thioether (sulfide) groups is 1. The maximum absolute atomic E-state index is 12.6. The Balaban J connectivity index is 1.53. The summed E-state index contributed by atoms with van der Waals surface area (Å²) in [5, 5.41) is 0.738. The molecule has 0 spiro atoms. The van der Waals surface area contributed by atoms with Gasteiger partial charge >= 0.3 is 0 Å². The Morgan fingerprint density at radius 1 is 1.12 bits per heavy atom. The molecule has 132 valence electrons. The minimum Gasteiger partial charge on any atom is -0.341 e. The van der Waals surface area contributed by atoms with E-state index in [1.165, 1.54) is 11.1 Å². The highest BCUT2D eigenvalue weighted by molar-refractivity contribution is 7.99. The number of likely N-dealkylation sites (tertiary alicyclic amines) is 1. The molecule has 1 heterocycles. The van der Waals surface area contributed by atoms with Gasteiger partial charge in [-0.3, -0.25) is 4.79 Å². The highest BCUT2D eigenvalue weighted by Crippen LogP contribution is 2.32. The summed E-state index contributed by atoms with van der Waals surface area (Å²) in [4.78, 5) is 14.5. The van der Waals surface area contributed by atoms with Crippen LogP contribution in [0, 0.1) is 5.92 Å². The summed E-state index contributed by atoms with van der Waals surface area (Å²) < 4.78 is 0. The van der Waals surface area contributed by atoms with Gasteiger partial charge in [-0.1, -0.05) is 54.1 Å². The Kier molecular flexibility index (Phi) is 6.40. The lowest BCUT2D eigenvalue weighted by Crippen LogP contribution is -2.31. The molecule has 0 bridgehead atoms. The third-order valence-corrected chi connectivity index (χ3v) is 5.97. The number of carbonyl (C=O) groups excluding carboxylic acids is 1. The van der Waals surface area contributed by atoms with E-state index >= 15 is 0 Å². The van der Waals surface area contributed by atoms with Crippen LogP contribution in [0.25, 0.3) is 0 Å². The molecule has 1 fully saturated rings. The van der Waals surface area contributed by atoms with Crippen molar-refractivity contribution in [2.75, 3.05) is 25.4 Å². The van der Waals surface area contributed by atoms with Crippen molar-refractivity contribution >= 4 is 29.3 Å². The van der Waals surface area contributed by atoms with E-state index in [1.54, 1.807) is 11.8 Å². The topological polar surface area (TPSA) is 46.3 Å². The van der Waals surface area contributed by atoms with Crippen molar-refractivity contribution in [3.63, 3.8) is 0 Å². The van der Waals surface area contributed by atoms with Gasteiger partial charge in [0.05, 0.1) is 5.75 Å². The van der Waals surface area contributed by atoms with Gasteiger partial charge in [-0.15, -0.1) is 11.8 Å². The number of hydrogen-bond acceptors (Lipinski definition) is 3. The molecule has 5 heteroatoms. The highest BCUT2D eigenvalue weighted by Gasteiger charge is 2.34. The number of halogens is 1. The van der Waals surface area contributed by atoms with Crippen molar-refractivity contribution in [3.8, 4) is 0 Å². The molecule has 3 rings (SSSR count). The lowest BCUT2D eigenvalue weighted by Gasteiger charge is -2.16. The molecule has 0 saturated carbocycles. The summed E-state index contributed by atoms with van der Waals surface area (Å²) in [5.41, 5.74) is 8.42. The standard InChI is InChI=1S/C20H23ClN2OS/c21-18-8-6-15(7-9-18)13-25-14-20(24)23-11-17(10-22)19(12-23)16-4-2-1-3-5-16/h1-9,17,19H,10-14,22H2/t17-,19+/m1/s1. The second-order valence-corrected chi connectivity index (χ2v) is 7.85. The van der Waals surface area contributed by atoms with Crippen LogP contribution in [0.15, 0.2) is 54.6 Å². The molecule has 2 aromatic carbocycles. The van der Waals surface area contributed by atoms with Gasteiger partial charge in [0.1, 0.15) is 0 Å². The first-order valence-electron chi connectivity index (χ1n) is 8.52. The Labute approximate surface area is 158 Å². The van der Waals surface area contributed by atoms with Crippen LogP contribution in [-0.2, 0) is 10.5 Å². The molecule has 1 aliphatic heterocycles. The van der Waals surface area contributed by atoms with Crippen LogP contribution in [0.3, 0.4) is 0 Å². The first-order valence-corrected chi connectivity index (χ1v) is 10.1. The van der Waals surface area contributed by atoms with Crippen LogP contribution >= 0.6 is 23.4 Å². The number of hydrogen-bond donors (Lipinski definition) is 1. The molecule has 25 heavy (non-hydrogen) atoms. The van der Waals surface area contributed by atoms with Crippen LogP contribution in [0.5, 0.6) is 0 Å². The number of amides is 1. The van der Waals surface area contributed by atoms with Gasteiger partial charge in [-0.2, -0.15) is 0 Å². The maximum Gasteiger partial charge on any atom is 0.232 e. The number of carbonyl (C=O) groups is 1. The molecule has 0 radical (unpaired) electrons. The van der Waals surface area contributed by atoms with Crippen molar-refractivity contribution in [2.24, 2.45) is 11.7 Å². The van der Waals surface area contributed by atoms with Crippen molar-refractivity contribution in [3.05, 3.63) is 70.7 Å². The van der Waals surface area contributed by atoms with Crippen LogP contribution in [-0.4, -0.2) is 36.2 Å². The smallest absolute Gasteiger partial charge is 0.232 e. The summed E-state index contributed by atoms with van der Waals surface area (Å²) in [6, 6.07) is 18.2. The van der Waals surface area contributed by atoms with Crippen LogP contribution in [0.2, 0.25) is 5.02 Å². The van der Waals surface area contributed by atoms with E-state index in [1.807, 2.05) is 35.2 Å². The van der Waals surface area contributed by atoms with Gasteiger partial charge in [0.15, 0.2) is 0 Å². The second kappa shape index (κ2) is 8.75. The summed E-state index contributed by atoms with van der Waals surface area (Å²) in [5.74, 6) is 2.21. The molecule has 1 aliphatic rings. The Hall–Kier alpha value is -1.49. The van der Waals surface area contributed by atoms with E-state index in [9.17, 15) is 4.79 Å². The zero-order valence-corrected chi connectivity index (χ0v) is 15.7. The minimum atomic E-state index is 0.204. The predicted octanol–water partition coefficient (Wildman–Crippen LogP) is 3.77. The molecule has 2 atom stereocenters. The van der Waals surface area contributed by atoms with Gasteiger partial charge in [0, 0.05) is 29.8 Å². The number of nitrogens with two attached hydrogens (primary N) is 1. The van der Waals surface area contributed by atoms with E-state index in [-0.39, 0.29) is 5.91 Å². The van der Waals surface area contributed by atoms with Crippen molar-refractivity contribution in [1.29, 1.82) is 0 Å². The summed E-state index contributed by atoms with van der Waals surface area (Å²) >= 11 is 7.54. The lowest BCUT2D eigenvalue weighted by atomic mass is 9.89. The second-order valence-electron chi connectivity index (χ2n) is 6.43. The molecule has 2 aromatic rings. The first kappa shape index (κ1) is 18.3. The maximum atomic E-state index is 12.6. The fraction of sp³-hybridized carbons (Fsp3) is 0.350. The Morgan fingerprint density at radius 2 is 1.84 bits per heavy atom. The third kappa shape index (κ3) is 4.78. The minimum absolute atomic E-state index is 0.204. The lowest BCUT2D eigenvalue weighted by molar-refractivity contribution is -0.127. The van der Waals surface area contributed by atoms with E-state index in [0.717, 1.165) is 23.9 Å². The Bertz CT molecular complexity index is 693. The van der Waals surface area contributed by atoms with E-state index in [4.69, 9.17) is 17.3 Å². The van der Waals surface area contributed by atoms with Gasteiger partial charge in [0.2, 0.25) is 5.91 Å². The third-order valence-electron chi connectivity index (χ3n) is 4.73. The molecule has 2 N–H and O–H groups in total. The number of benzene rings is 2. The molecule has 3 nitrogen and oxygen atoms in total. The van der Waals surface area contributed by atoms with Crippen molar-refractivity contribution in [1.82, 2.24) is 4.90 Å². The van der Waals surface area contributed by atoms with Crippen LogP contribution in [0.1, 0.15) is 17.0 Å². The van der Waals surface area contributed by atoms with Crippen LogP contribution < -0.4 is 5.73 Å². The quantitative estimate of drug-likeness (QED) is 0.837. The molecular formula is C20H23ClN2OS. The normalized spacial score (nSPS) is 20.0. The SMILES string of the molecule is NC[C@@H]1CN(C(=O)CSCc2ccc(Cl)cc2)C[C@H]1c1ccccc1. The molecule has 0 aliphatic carbocycles. The van der Waals surface area contributed by atoms with Gasteiger partial charge in [-0.05, 0) is 35.7 Å². The molecular weight excluding hydrogens is 352 g/mol. The Morgan fingerprint density at radius 3 is 2.52 bits per heavy atom. The van der Waals surface area contributed by atoms with Crippen LogP contribution in [0.4, 0.5) is 0 Å². The zero-order chi connectivity index (χ0) is 17.6. The summed E-state index contributed by atoms with van der Waals surface area (Å²) in [6.07, 6.45) is 0. The van der Waals surface area contributed by atoms with Gasteiger partial charge < -0.3 is 10.6 Å². The largest absolute Gasteiger partial charge is 0.341 e. The predicted molar refractivity (Wildman–Crippen MR) is 106 cm³/mol. The average molecular weight is 375 g/mol. The summed E-state index contributed by atoms with van der Waals surface area (Å²) in [7, 11) is 0. The van der Waals surface area contributed by atoms with Gasteiger partial charge in [0.25, 0.3) is 0 Å².